The predicted octanol–water partition coefficient (Wildman–Crippen LogP) is 2.62. The third kappa shape index (κ3) is 3.48. The molecule has 82 valence electrons. The van der Waals surface area contributed by atoms with Crippen LogP contribution in [0.3, 0.4) is 0 Å². The lowest BCUT2D eigenvalue weighted by atomic mass is 9.99. The number of Topliss-reactive ketones (excluding diaryl/α,β-unsaturated/α-hetero) is 1. The maximum atomic E-state index is 11.8. The molecule has 0 saturated heterocycles. The minimum absolute atomic E-state index is 0.237. The van der Waals surface area contributed by atoms with Crippen molar-refractivity contribution in [1.82, 2.24) is 0 Å². The highest BCUT2D eigenvalue weighted by Gasteiger charge is 2.07. The quantitative estimate of drug-likeness (QED) is 0.593. The molecule has 0 bridgehead atoms. The molecule has 0 unspecified atom stereocenters. The van der Waals surface area contributed by atoms with Crippen molar-refractivity contribution in [2.45, 2.75) is 33.1 Å². The van der Waals surface area contributed by atoms with Crippen molar-refractivity contribution in [3.8, 4) is 0 Å². The third-order valence-corrected chi connectivity index (χ3v) is 2.54. The minimum Gasteiger partial charge on any atom is -0.330 e. The summed E-state index contributed by atoms with van der Waals surface area (Å²) >= 11 is 0. The van der Waals surface area contributed by atoms with Crippen LogP contribution in [0.5, 0.6) is 0 Å². The third-order valence-electron chi connectivity index (χ3n) is 2.54. The molecule has 1 aromatic rings. The van der Waals surface area contributed by atoms with Gasteiger partial charge in [0.2, 0.25) is 0 Å². The molecule has 2 nitrogen and oxygen atoms in total. The van der Waals surface area contributed by atoms with E-state index in [0.29, 0.717) is 13.0 Å². The number of hydrogen-bond acceptors (Lipinski definition) is 2. The summed E-state index contributed by atoms with van der Waals surface area (Å²) < 4.78 is 0. The smallest absolute Gasteiger partial charge is 0.163 e. The number of carbonyl (C=O) groups excluding carboxylic acids is 1. The van der Waals surface area contributed by atoms with E-state index in [1.807, 2.05) is 26.0 Å². The summed E-state index contributed by atoms with van der Waals surface area (Å²) in [5.41, 5.74) is 8.53. The van der Waals surface area contributed by atoms with Gasteiger partial charge >= 0.3 is 0 Å². The zero-order valence-corrected chi connectivity index (χ0v) is 9.55. The Hall–Kier alpha value is -1.15. The summed E-state index contributed by atoms with van der Waals surface area (Å²) in [5, 5.41) is 0. The van der Waals surface area contributed by atoms with Gasteiger partial charge in [0.25, 0.3) is 0 Å². The Labute approximate surface area is 91.5 Å². The second-order valence-corrected chi connectivity index (χ2v) is 3.99. The zero-order valence-electron chi connectivity index (χ0n) is 9.55. The molecule has 0 spiro atoms. The molecule has 0 atom stereocenters. The second-order valence-electron chi connectivity index (χ2n) is 3.99. The molecule has 0 heterocycles. The van der Waals surface area contributed by atoms with Gasteiger partial charge in [-0.1, -0.05) is 23.8 Å². The molecule has 1 aromatic carbocycles. The Balaban J connectivity index is 2.65. The predicted molar refractivity (Wildman–Crippen MR) is 63.2 cm³/mol. The first-order valence-corrected chi connectivity index (χ1v) is 5.45. The maximum absolute atomic E-state index is 11.8. The lowest BCUT2D eigenvalue weighted by Gasteiger charge is -2.05. The number of ketones is 1. The molecule has 1 rings (SSSR count). The van der Waals surface area contributed by atoms with Crippen molar-refractivity contribution in [2.75, 3.05) is 6.54 Å². The standard InChI is InChI=1S/C13H19NO/c1-10-6-7-12(11(2)9-10)13(15)5-3-4-8-14/h6-7,9H,3-5,8,14H2,1-2H3. The number of unbranched alkanes of at least 4 members (excludes halogenated alkanes) is 1. The molecule has 0 fully saturated rings. The summed E-state index contributed by atoms with van der Waals surface area (Å²) in [6, 6.07) is 5.97. The van der Waals surface area contributed by atoms with E-state index >= 15 is 0 Å². The largest absolute Gasteiger partial charge is 0.330 e. The monoisotopic (exact) mass is 205 g/mol. The first-order valence-electron chi connectivity index (χ1n) is 5.45. The van der Waals surface area contributed by atoms with Crippen LogP contribution in [0.25, 0.3) is 0 Å². The second kappa shape index (κ2) is 5.66. The average molecular weight is 205 g/mol. The molecule has 0 radical (unpaired) electrons. The molecule has 2 N–H and O–H groups in total. The Morgan fingerprint density at radius 3 is 2.60 bits per heavy atom. The van der Waals surface area contributed by atoms with E-state index in [0.717, 1.165) is 24.0 Å². The lowest BCUT2D eigenvalue weighted by Crippen LogP contribution is -2.04. The number of hydrogen-bond donors (Lipinski definition) is 1. The van der Waals surface area contributed by atoms with Crippen molar-refractivity contribution >= 4 is 5.78 Å². The normalized spacial score (nSPS) is 10.3. The van der Waals surface area contributed by atoms with Gasteiger partial charge in [-0.15, -0.1) is 0 Å². The van der Waals surface area contributed by atoms with Gasteiger partial charge in [0.05, 0.1) is 0 Å². The molecule has 0 aliphatic rings. The van der Waals surface area contributed by atoms with Gasteiger partial charge in [-0.05, 0) is 38.8 Å². The SMILES string of the molecule is Cc1ccc(C(=O)CCCCN)c(C)c1. The topological polar surface area (TPSA) is 43.1 Å². The Morgan fingerprint density at radius 1 is 1.27 bits per heavy atom. The highest BCUT2D eigenvalue weighted by molar-refractivity contribution is 5.97. The van der Waals surface area contributed by atoms with Crippen LogP contribution in [0.4, 0.5) is 0 Å². The van der Waals surface area contributed by atoms with Crippen LogP contribution >= 0.6 is 0 Å². The fraction of sp³-hybridized carbons (Fsp3) is 0.462. The molecule has 2 heteroatoms. The Bertz CT molecular complexity index is 344. The van der Waals surface area contributed by atoms with Gasteiger partial charge < -0.3 is 5.73 Å². The van der Waals surface area contributed by atoms with Crippen molar-refractivity contribution in [2.24, 2.45) is 5.73 Å². The molecule has 0 saturated carbocycles. The fourth-order valence-corrected chi connectivity index (χ4v) is 1.69. The van der Waals surface area contributed by atoms with E-state index in [9.17, 15) is 4.79 Å². The van der Waals surface area contributed by atoms with E-state index in [2.05, 4.69) is 6.07 Å². The van der Waals surface area contributed by atoms with Gasteiger partial charge in [0.15, 0.2) is 5.78 Å². The van der Waals surface area contributed by atoms with Gasteiger partial charge in [0.1, 0.15) is 0 Å². The van der Waals surface area contributed by atoms with E-state index in [1.54, 1.807) is 0 Å². The van der Waals surface area contributed by atoms with Crippen LogP contribution in [0.15, 0.2) is 18.2 Å². The molecular weight excluding hydrogens is 186 g/mol. The minimum atomic E-state index is 0.237. The zero-order chi connectivity index (χ0) is 11.3. The first kappa shape index (κ1) is 11.9. The summed E-state index contributed by atoms with van der Waals surface area (Å²) in [6.45, 7) is 4.69. The summed E-state index contributed by atoms with van der Waals surface area (Å²) in [4.78, 5) is 11.8. The molecule has 0 aliphatic heterocycles. The van der Waals surface area contributed by atoms with Gasteiger partial charge in [-0.3, -0.25) is 4.79 Å². The number of benzene rings is 1. The first-order chi connectivity index (χ1) is 7.15. The molecule has 0 aromatic heterocycles. The van der Waals surface area contributed by atoms with Crippen molar-refractivity contribution in [3.05, 3.63) is 34.9 Å². The van der Waals surface area contributed by atoms with Crippen molar-refractivity contribution < 1.29 is 4.79 Å². The summed E-state index contributed by atoms with van der Waals surface area (Å²) in [5.74, 6) is 0.237. The van der Waals surface area contributed by atoms with Crippen LogP contribution < -0.4 is 5.73 Å². The number of carbonyl (C=O) groups is 1. The van der Waals surface area contributed by atoms with Crippen LogP contribution in [0, 0.1) is 13.8 Å². The molecule has 0 amide bonds. The fourth-order valence-electron chi connectivity index (χ4n) is 1.69. The van der Waals surface area contributed by atoms with Crippen LogP contribution in [0.1, 0.15) is 40.7 Å². The highest BCUT2D eigenvalue weighted by Crippen LogP contribution is 2.13. The highest BCUT2D eigenvalue weighted by atomic mass is 16.1. The molecule has 15 heavy (non-hydrogen) atoms. The van der Waals surface area contributed by atoms with Crippen LogP contribution in [-0.4, -0.2) is 12.3 Å². The number of nitrogens with two attached hydrogens (primary N) is 1. The Morgan fingerprint density at radius 2 is 2.00 bits per heavy atom. The van der Waals surface area contributed by atoms with Crippen molar-refractivity contribution in [3.63, 3.8) is 0 Å². The molecular formula is C13H19NO. The van der Waals surface area contributed by atoms with Gasteiger partial charge in [-0.25, -0.2) is 0 Å². The van der Waals surface area contributed by atoms with E-state index in [-0.39, 0.29) is 5.78 Å². The van der Waals surface area contributed by atoms with Gasteiger partial charge in [-0.2, -0.15) is 0 Å². The average Bonchev–Trinajstić information content (AvgIpc) is 2.17. The van der Waals surface area contributed by atoms with E-state index < -0.39 is 0 Å². The van der Waals surface area contributed by atoms with Crippen molar-refractivity contribution in [1.29, 1.82) is 0 Å². The van der Waals surface area contributed by atoms with Crippen LogP contribution in [-0.2, 0) is 0 Å². The van der Waals surface area contributed by atoms with E-state index in [1.165, 1.54) is 5.56 Å². The Kier molecular flexibility index (Phi) is 4.50. The van der Waals surface area contributed by atoms with Crippen LogP contribution in [0.2, 0.25) is 0 Å². The lowest BCUT2D eigenvalue weighted by molar-refractivity contribution is 0.0979. The number of aryl methyl sites for hydroxylation is 2. The molecule has 0 aliphatic carbocycles. The number of rotatable bonds is 5. The summed E-state index contributed by atoms with van der Waals surface area (Å²) in [7, 11) is 0. The maximum Gasteiger partial charge on any atom is 0.163 e. The van der Waals surface area contributed by atoms with Gasteiger partial charge in [0, 0.05) is 12.0 Å². The van der Waals surface area contributed by atoms with E-state index in [4.69, 9.17) is 5.73 Å². The summed E-state index contributed by atoms with van der Waals surface area (Å²) in [6.07, 6.45) is 2.43.